The van der Waals surface area contributed by atoms with E-state index in [1.807, 2.05) is 30.2 Å². The average molecular weight is 423 g/mol. The summed E-state index contributed by atoms with van der Waals surface area (Å²) in [5, 5.41) is 3.36. The first-order valence-electron chi connectivity index (χ1n) is 11.1. The Labute approximate surface area is 182 Å². The lowest BCUT2D eigenvalue weighted by Gasteiger charge is -2.33. The Kier molecular flexibility index (Phi) is 6.11. The van der Waals surface area contributed by atoms with E-state index in [0.717, 1.165) is 36.5 Å². The zero-order chi connectivity index (χ0) is 22.0. The number of hydrogen-bond acceptors (Lipinski definition) is 7. The number of rotatable bonds is 6. The van der Waals surface area contributed by atoms with Crippen LogP contribution < -0.4 is 5.32 Å². The maximum absolute atomic E-state index is 13.2. The molecule has 1 amide bonds. The monoisotopic (exact) mass is 422 g/mol. The van der Waals surface area contributed by atoms with Crippen LogP contribution in [0, 0.1) is 12.8 Å². The molecular weight excluding hydrogens is 392 g/mol. The molecular formula is C22H30N8O. The average Bonchev–Trinajstić information content (AvgIpc) is 3.17. The van der Waals surface area contributed by atoms with E-state index in [0.29, 0.717) is 36.0 Å². The Balaban J connectivity index is 1.67. The van der Waals surface area contributed by atoms with E-state index in [1.165, 1.54) is 12.7 Å². The van der Waals surface area contributed by atoms with E-state index in [4.69, 9.17) is 4.98 Å². The molecule has 0 aromatic carbocycles. The quantitative estimate of drug-likeness (QED) is 0.651. The van der Waals surface area contributed by atoms with Crippen LogP contribution in [0.5, 0.6) is 0 Å². The molecule has 31 heavy (non-hydrogen) atoms. The van der Waals surface area contributed by atoms with Crippen molar-refractivity contribution in [2.75, 3.05) is 18.4 Å². The SMILES string of the molecule is CCC(Nc1ncnc2c1nc(-c1cnc(C)nc1)n2CC)C(=O)N1CCC[C@@H](C)C1. The summed E-state index contributed by atoms with van der Waals surface area (Å²) in [7, 11) is 0. The van der Waals surface area contributed by atoms with Crippen LogP contribution in [0.2, 0.25) is 0 Å². The minimum atomic E-state index is -0.346. The largest absolute Gasteiger partial charge is 0.356 e. The minimum absolute atomic E-state index is 0.128. The number of anilines is 1. The lowest BCUT2D eigenvalue weighted by atomic mass is 9.99. The summed E-state index contributed by atoms with van der Waals surface area (Å²) < 4.78 is 2.02. The number of nitrogens with one attached hydrogen (secondary N) is 1. The summed E-state index contributed by atoms with van der Waals surface area (Å²) >= 11 is 0. The second kappa shape index (κ2) is 8.95. The highest BCUT2D eigenvalue weighted by Gasteiger charge is 2.28. The number of fused-ring (bicyclic) bond motifs is 1. The van der Waals surface area contributed by atoms with Gasteiger partial charge in [-0.3, -0.25) is 4.79 Å². The van der Waals surface area contributed by atoms with Gasteiger partial charge in [0, 0.05) is 32.0 Å². The van der Waals surface area contributed by atoms with Crippen molar-refractivity contribution in [1.82, 2.24) is 34.4 Å². The van der Waals surface area contributed by atoms with E-state index < -0.39 is 0 Å². The number of imidazole rings is 1. The van der Waals surface area contributed by atoms with Crippen molar-refractivity contribution in [3.63, 3.8) is 0 Å². The second-order valence-corrected chi connectivity index (χ2v) is 8.23. The highest BCUT2D eigenvalue weighted by atomic mass is 16.2. The summed E-state index contributed by atoms with van der Waals surface area (Å²) in [4.78, 5) is 37.5. The van der Waals surface area contributed by atoms with Crippen molar-refractivity contribution in [1.29, 1.82) is 0 Å². The van der Waals surface area contributed by atoms with Gasteiger partial charge in [-0.25, -0.2) is 24.9 Å². The molecule has 0 aliphatic carbocycles. The third kappa shape index (κ3) is 4.22. The predicted molar refractivity (Wildman–Crippen MR) is 119 cm³/mol. The Morgan fingerprint density at radius 1 is 1.23 bits per heavy atom. The van der Waals surface area contributed by atoms with Gasteiger partial charge in [0.25, 0.3) is 0 Å². The predicted octanol–water partition coefficient (Wildman–Crippen LogP) is 3.06. The highest BCUT2D eigenvalue weighted by Crippen LogP contribution is 2.27. The summed E-state index contributed by atoms with van der Waals surface area (Å²) in [5.74, 6) is 2.70. The van der Waals surface area contributed by atoms with E-state index in [9.17, 15) is 4.79 Å². The van der Waals surface area contributed by atoms with Gasteiger partial charge in [0.05, 0.1) is 5.56 Å². The van der Waals surface area contributed by atoms with Gasteiger partial charge < -0.3 is 14.8 Å². The van der Waals surface area contributed by atoms with Crippen molar-refractivity contribution in [3.8, 4) is 11.4 Å². The van der Waals surface area contributed by atoms with Gasteiger partial charge in [-0.1, -0.05) is 13.8 Å². The lowest BCUT2D eigenvalue weighted by Crippen LogP contribution is -2.47. The number of aromatic nitrogens is 6. The molecule has 1 fully saturated rings. The Morgan fingerprint density at radius 2 is 2.00 bits per heavy atom. The standard InChI is InChI=1S/C22H30N8O/c1-5-17(22(31)29-9-7-8-14(3)12-29)27-19-18-21(26-13-25-19)30(6-2)20(28-18)16-10-23-15(4)24-11-16/h10-11,13-14,17H,5-9,12H2,1-4H3,(H,25,26,27)/t14-,17?/m1/s1. The van der Waals surface area contributed by atoms with Crippen LogP contribution in [-0.4, -0.2) is 59.4 Å². The molecule has 9 nitrogen and oxygen atoms in total. The fourth-order valence-corrected chi connectivity index (χ4v) is 4.18. The van der Waals surface area contributed by atoms with Crippen LogP contribution in [0.25, 0.3) is 22.6 Å². The molecule has 2 atom stereocenters. The van der Waals surface area contributed by atoms with Crippen molar-refractivity contribution in [2.24, 2.45) is 5.92 Å². The number of amides is 1. The van der Waals surface area contributed by atoms with Gasteiger partial charge in [0.15, 0.2) is 17.0 Å². The molecule has 9 heteroatoms. The maximum Gasteiger partial charge on any atom is 0.245 e. The van der Waals surface area contributed by atoms with Crippen LogP contribution in [0.15, 0.2) is 18.7 Å². The number of piperidine rings is 1. The van der Waals surface area contributed by atoms with E-state index >= 15 is 0 Å². The Hall–Kier alpha value is -3.10. The molecule has 3 aromatic heterocycles. The van der Waals surface area contributed by atoms with Crippen LogP contribution in [-0.2, 0) is 11.3 Å². The maximum atomic E-state index is 13.2. The van der Waals surface area contributed by atoms with Crippen LogP contribution in [0.1, 0.15) is 45.9 Å². The topological polar surface area (TPSA) is 102 Å². The summed E-state index contributed by atoms with van der Waals surface area (Å²) in [6, 6.07) is -0.346. The fourth-order valence-electron chi connectivity index (χ4n) is 4.18. The molecule has 0 saturated carbocycles. The number of aryl methyl sites for hydroxylation is 2. The molecule has 164 valence electrons. The molecule has 1 aliphatic heterocycles. The first kappa shape index (κ1) is 21.1. The van der Waals surface area contributed by atoms with Crippen LogP contribution in [0.3, 0.4) is 0 Å². The van der Waals surface area contributed by atoms with E-state index in [-0.39, 0.29) is 11.9 Å². The molecule has 0 spiro atoms. The molecule has 4 heterocycles. The molecule has 4 rings (SSSR count). The molecule has 0 radical (unpaired) electrons. The molecule has 3 aromatic rings. The van der Waals surface area contributed by atoms with Crippen LogP contribution >= 0.6 is 0 Å². The Morgan fingerprint density at radius 3 is 2.68 bits per heavy atom. The van der Waals surface area contributed by atoms with Gasteiger partial charge in [0.1, 0.15) is 24.0 Å². The van der Waals surface area contributed by atoms with Gasteiger partial charge in [-0.2, -0.15) is 0 Å². The van der Waals surface area contributed by atoms with Gasteiger partial charge in [-0.05, 0) is 39.0 Å². The van der Waals surface area contributed by atoms with Crippen LogP contribution in [0.4, 0.5) is 5.82 Å². The van der Waals surface area contributed by atoms with Gasteiger partial charge >= 0.3 is 0 Å². The number of likely N-dealkylation sites (tertiary alicyclic amines) is 1. The summed E-state index contributed by atoms with van der Waals surface area (Å²) in [5.41, 5.74) is 2.20. The minimum Gasteiger partial charge on any atom is -0.356 e. The molecule has 0 bridgehead atoms. The van der Waals surface area contributed by atoms with Crippen molar-refractivity contribution in [2.45, 2.75) is 59.5 Å². The zero-order valence-electron chi connectivity index (χ0n) is 18.7. The third-order valence-corrected chi connectivity index (χ3v) is 5.87. The fraction of sp³-hybridized carbons (Fsp3) is 0.545. The molecule has 1 saturated heterocycles. The number of hydrogen-bond donors (Lipinski definition) is 1. The summed E-state index contributed by atoms with van der Waals surface area (Å²) in [6.45, 7) is 10.4. The lowest BCUT2D eigenvalue weighted by molar-refractivity contribution is -0.133. The normalized spacial score (nSPS) is 17.7. The van der Waals surface area contributed by atoms with Crippen molar-refractivity contribution >= 4 is 22.9 Å². The summed E-state index contributed by atoms with van der Waals surface area (Å²) in [6.07, 6.45) is 7.97. The molecule has 1 unspecified atom stereocenters. The van der Waals surface area contributed by atoms with Gasteiger partial charge in [-0.15, -0.1) is 0 Å². The third-order valence-electron chi connectivity index (χ3n) is 5.87. The molecule has 1 N–H and O–H groups in total. The second-order valence-electron chi connectivity index (χ2n) is 8.23. The van der Waals surface area contributed by atoms with Gasteiger partial charge in [0.2, 0.25) is 5.91 Å². The van der Waals surface area contributed by atoms with E-state index in [1.54, 1.807) is 12.4 Å². The first-order chi connectivity index (χ1) is 15.0. The van der Waals surface area contributed by atoms with E-state index in [2.05, 4.69) is 32.2 Å². The molecule has 1 aliphatic rings. The zero-order valence-corrected chi connectivity index (χ0v) is 18.7. The number of nitrogens with zero attached hydrogens (tertiary/aromatic N) is 7. The first-order valence-corrected chi connectivity index (χ1v) is 11.1. The Bertz CT molecular complexity index is 1060. The van der Waals surface area contributed by atoms with Crippen molar-refractivity contribution in [3.05, 3.63) is 24.5 Å². The van der Waals surface area contributed by atoms with Crippen molar-refractivity contribution < 1.29 is 4.79 Å². The number of carbonyl (C=O) groups is 1. The highest BCUT2D eigenvalue weighted by molar-refractivity contribution is 5.90. The number of carbonyl (C=O) groups excluding carboxylic acids is 1. The smallest absolute Gasteiger partial charge is 0.245 e.